The van der Waals surface area contributed by atoms with Crippen molar-refractivity contribution in [3.05, 3.63) is 59.5 Å². The molecule has 142 valence electrons. The van der Waals surface area contributed by atoms with E-state index in [0.29, 0.717) is 6.42 Å². The Hall–Kier alpha value is -2.65. The van der Waals surface area contributed by atoms with Crippen molar-refractivity contribution in [2.75, 3.05) is 4.72 Å². The van der Waals surface area contributed by atoms with Crippen LogP contribution in [0.4, 0.5) is 5.69 Å². The summed E-state index contributed by atoms with van der Waals surface area (Å²) in [6.45, 7) is 0. The minimum atomic E-state index is -3.78. The number of carbonyl (C=O) groups is 2. The van der Waals surface area contributed by atoms with E-state index in [2.05, 4.69) is 15.6 Å². The molecule has 9 heteroatoms. The molecule has 2 amide bonds. The van der Waals surface area contributed by atoms with Gasteiger partial charge in [0.2, 0.25) is 5.91 Å². The maximum Gasteiger partial charge on any atom is 0.271 e. The Morgan fingerprint density at radius 2 is 1.85 bits per heavy atom. The fourth-order valence-electron chi connectivity index (χ4n) is 2.70. The van der Waals surface area contributed by atoms with Gasteiger partial charge in [0.15, 0.2) is 0 Å². The van der Waals surface area contributed by atoms with Crippen LogP contribution in [0.25, 0.3) is 0 Å². The van der Waals surface area contributed by atoms with Gasteiger partial charge in [0.1, 0.15) is 4.21 Å². The summed E-state index contributed by atoms with van der Waals surface area (Å²) in [6.07, 6.45) is 6.18. The van der Waals surface area contributed by atoms with Crippen molar-refractivity contribution in [1.82, 2.24) is 10.9 Å². The Morgan fingerprint density at radius 3 is 2.56 bits per heavy atom. The molecular formula is C18H19N3O4S2. The molecule has 1 heterocycles. The minimum Gasteiger partial charge on any atom is -0.278 e. The lowest BCUT2D eigenvalue weighted by Gasteiger charge is -2.18. The molecule has 7 nitrogen and oxygen atoms in total. The van der Waals surface area contributed by atoms with Gasteiger partial charge < -0.3 is 0 Å². The van der Waals surface area contributed by atoms with Crippen molar-refractivity contribution in [1.29, 1.82) is 0 Å². The number of nitrogens with one attached hydrogen (secondary N) is 3. The van der Waals surface area contributed by atoms with Crippen LogP contribution >= 0.6 is 11.3 Å². The third kappa shape index (κ3) is 4.75. The highest BCUT2D eigenvalue weighted by Crippen LogP contribution is 2.23. The number of para-hydroxylation sites is 1. The molecule has 0 saturated heterocycles. The largest absolute Gasteiger partial charge is 0.278 e. The van der Waals surface area contributed by atoms with Gasteiger partial charge in [-0.2, -0.15) is 0 Å². The van der Waals surface area contributed by atoms with Crippen LogP contribution in [0, 0.1) is 5.92 Å². The number of rotatable bonds is 5. The van der Waals surface area contributed by atoms with Crippen LogP contribution in [0.3, 0.4) is 0 Å². The number of amides is 2. The van der Waals surface area contributed by atoms with Gasteiger partial charge in [0.25, 0.3) is 15.9 Å². The maximum atomic E-state index is 12.5. The first-order valence-corrected chi connectivity index (χ1v) is 10.7. The lowest BCUT2D eigenvalue weighted by atomic mass is 9.94. The van der Waals surface area contributed by atoms with Crippen LogP contribution in [-0.4, -0.2) is 20.2 Å². The van der Waals surface area contributed by atoms with Crippen LogP contribution in [0.1, 0.15) is 29.6 Å². The fraction of sp³-hybridized carbons (Fsp3) is 0.222. The standard InChI is InChI=1S/C18H19N3O4S2/c22-17(13-7-2-1-3-8-13)19-20-18(23)14-9-4-5-10-15(14)21-27(24,25)16-11-6-12-26-16/h1-2,4-6,9-13,21H,3,7-8H2,(H,19,22)(H,20,23). The highest BCUT2D eigenvalue weighted by molar-refractivity contribution is 7.94. The third-order valence-corrected chi connectivity index (χ3v) is 6.88. The predicted molar refractivity (Wildman–Crippen MR) is 104 cm³/mol. The van der Waals surface area contributed by atoms with Gasteiger partial charge >= 0.3 is 0 Å². The lowest BCUT2D eigenvalue weighted by Crippen LogP contribution is -2.44. The molecule has 0 fully saturated rings. The summed E-state index contributed by atoms with van der Waals surface area (Å²) in [5, 5.41) is 1.66. The molecule has 1 aliphatic rings. The van der Waals surface area contributed by atoms with Crippen LogP contribution in [0.2, 0.25) is 0 Å². The van der Waals surface area contributed by atoms with Gasteiger partial charge in [0.05, 0.1) is 11.3 Å². The molecule has 1 aromatic heterocycles. The van der Waals surface area contributed by atoms with Crippen molar-refractivity contribution < 1.29 is 18.0 Å². The molecule has 1 unspecified atom stereocenters. The van der Waals surface area contributed by atoms with Crippen LogP contribution < -0.4 is 15.6 Å². The Balaban J connectivity index is 1.69. The number of benzene rings is 1. The van der Waals surface area contributed by atoms with Crippen LogP contribution in [-0.2, 0) is 14.8 Å². The zero-order valence-electron chi connectivity index (χ0n) is 14.3. The fourth-order valence-corrected chi connectivity index (χ4v) is 4.77. The number of allylic oxidation sites excluding steroid dienone is 2. The minimum absolute atomic E-state index is 0.112. The van der Waals surface area contributed by atoms with Gasteiger partial charge in [-0.25, -0.2) is 8.42 Å². The first-order chi connectivity index (χ1) is 13.0. The summed E-state index contributed by atoms with van der Waals surface area (Å²) in [7, 11) is -3.78. The monoisotopic (exact) mass is 405 g/mol. The number of hydrazine groups is 1. The maximum absolute atomic E-state index is 12.5. The number of thiophene rings is 1. The lowest BCUT2D eigenvalue weighted by molar-refractivity contribution is -0.126. The topological polar surface area (TPSA) is 104 Å². The molecule has 3 rings (SSSR count). The SMILES string of the molecule is O=C(NNC(=O)C1CC=CCC1)c1ccccc1NS(=O)(=O)c1cccs1. The average molecular weight is 406 g/mol. The van der Waals surface area contributed by atoms with E-state index in [1.807, 2.05) is 12.2 Å². The first kappa shape index (κ1) is 19.1. The molecule has 0 aliphatic heterocycles. The Kier molecular flexibility index (Phi) is 5.92. The van der Waals surface area contributed by atoms with Crippen molar-refractivity contribution in [3.8, 4) is 0 Å². The molecule has 0 bridgehead atoms. The van der Waals surface area contributed by atoms with Crippen molar-refractivity contribution in [2.45, 2.75) is 23.5 Å². The molecule has 3 N–H and O–H groups in total. The van der Waals surface area contributed by atoms with Gasteiger partial charge in [0, 0.05) is 5.92 Å². The second-order valence-corrected chi connectivity index (χ2v) is 8.86. The molecule has 27 heavy (non-hydrogen) atoms. The van der Waals surface area contributed by atoms with Gasteiger partial charge in [-0.05, 0) is 42.8 Å². The normalized spacial score (nSPS) is 16.5. The highest BCUT2D eigenvalue weighted by atomic mass is 32.2. The van der Waals surface area contributed by atoms with E-state index in [1.165, 1.54) is 18.2 Å². The number of hydrogen-bond donors (Lipinski definition) is 3. The molecule has 0 saturated carbocycles. The number of sulfonamides is 1. The smallest absolute Gasteiger partial charge is 0.271 e. The third-order valence-electron chi connectivity index (χ3n) is 4.12. The second-order valence-electron chi connectivity index (χ2n) is 6.01. The van der Waals surface area contributed by atoms with Crippen molar-refractivity contribution in [2.24, 2.45) is 5.92 Å². The van der Waals surface area contributed by atoms with E-state index in [4.69, 9.17) is 0 Å². The molecule has 0 radical (unpaired) electrons. The van der Waals surface area contributed by atoms with Crippen molar-refractivity contribution in [3.63, 3.8) is 0 Å². The van der Waals surface area contributed by atoms with Gasteiger partial charge in [-0.1, -0.05) is 30.4 Å². The summed E-state index contributed by atoms with van der Waals surface area (Å²) >= 11 is 1.08. The Bertz CT molecular complexity index is 953. The van der Waals surface area contributed by atoms with E-state index in [9.17, 15) is 18.0 Å². The zero-order chi connectivity index (χ0) is 19.3. The summed E-state index contributed by atoms with van der Waals surface area (Å²) in [5.74, 6) is -1.04. The first-order valence-electron chi connectivity index (χ1n) is 8.38. The van der Waals surface area contributed by atoms with Gasteiger partial charge in [-0.15, -0.1) is 11.3 Å². The quantitative estimate of drug-likeness (QED) is 0.525. The zero-order valence-corrected chi connectivity index (χ0v) is 16.0. The number of hydrogen-bond acceptors (Lipinski definition) is 5. The van der Waals surface area contributed by atoms with Crippen molar-refractivity contribution >= 4 is 38.9 Å². The van der Waals surface area contributed by atoms with Crippen LogP contribution in [0.15, 0.2) is 58.1 Å². The molecule has 1 atom stereocenters. The van der Waals surface area contributed by atoms with E-state index in [0.717, 1.165) is 24.2 Å². The summed E-state index contributed by atoms with van der Waals surface area (Å²) < 4.78 is 27.4. The Morgan fingerprint density at radius 1 is 1.04 bits per heavy atom. The van der Waals surface area contributed by atoms with E-state index in [-0.39, 0.29) is 27.3 Å². The van der Waals surface area contributed by atoms with Gasteiger partial charge in [-0.3, -0.25) is 25.2 Å². The summed E-state index contributed by atoms with van der Waals surface area (Å²) in [4.78, 5) is 24.6. The van der Waals surface area contributed by atoms with E-state index < -0.39 is 15.9 Å². The van der Waals surface area contributed by atoms with E-state index in [1.54, 1.807) is 23.6 Å². The second kappa shape index (κ2) is 8.36. The number of anilines is 1. The summed E-state index contributed by atoms with van der Waals surface area (Å²) in [5.41, 5.74) is 5.03. The molecule has 1 aromatic carbocycles. The molecule has 0 spiro atoms. The average Bonchev–Trinajstić information content (AvgIpc) is 3.22. The highest BCUT2D eigenvalue weighted by Gasteiger charge is 2.21. The predicted octanol–water partition coefficient (Wildman–Crippen LogP) is 2.67. The molecular weight excluding hydrogens is 386 g/mol. The number of carbonyl (C=O) groups excluding carboxylic acids is 2. The van der Waals surface area contributed by atoms with Crippen LogP contribution in [0.5, 0.6) is 0 Å². The molecule has 2 aromatic rings. The molecule has 1 aliphatic carbocycles. The Labute approximate surface area is 161 Å². The summed E-state index contributed by atoms with van der Waals surface area (Å²) in [6, 6.07) is 9.33. The van der Waals surface area contributed by atoms with E-state index >= 15 is 0 Å².